The van der Waals surface area contributed by atoms with E-state index in [1.165, 1.54) is 6.92 Å². The lowest BCUT2D eigenvalue weighted by molar-refractivity contribution is -0.137. The van der Waals surface area contributed by atoms with Crippen LogP contribution in [0, 0.1) is 0 Å². The molecule has 2 aromatic rings. The summed E-state index contributed by atoms with van der Waals surface area (Å²) in [5.41, 5.74) is 2.82. The van der Waals surface area contributed by atoms with Crippen LogP contribution in [0.25, 0.3) is 11.1 Å². The molecule has 0 spiro atoms. The van der Waals surface area contributed by atoms with Gasteiger partial charge in [0.25, 0.3) is 5.91 Å². The molecule has 2 fully saturated rings. The lowest BCUT2D eigenvalue weighted by atomic mass is 10.0. The van der Waals surface area contributed by atoms with Gasteiger partial charge >= 0.3 is 0 Å². The average Bonchev–Trinajstić information content (AvgIpc) is 3.40. The monoisotopic (exact) mass is 511 g/mol. The second-order valence-corrected chi connectivity index (χ2v) is 9.79. The summed E-state index contributed by atoms with van der Waals surface area (Å²) in [5.74, 6) is -0.191. The van der Waals surface area contributed by atoms with Crippen LogP contribution in [0.2, 0.25) is 0 Å². The van der Waals surface area contributed by atoms with Crippen molar-refractivity contribution < 1.29 is 14.4 Å². The zero-order chi connectivity index (χ0) is 23.5. The lowest BCUT2D eigenvalue weighted by Gasteiger charge is -2.29. The Bertz CT molecular complexity index is 1040. The molecule has 1 N–H and O–H groups in total. The fraction of sp³-hybridized carbons (Fsp3) is 0.423. The van der Waals surface area contributed by atoms with Gasteiger partial charge in [0.05, 0.1) is 12.1 Å². The fourth-order valence-electron chi connectivity index (χ4n) is 5.14. The molecule has 2 aliphatic rings. The maximum Gasteiger partial charge on any atom is 0.254 e. The second kappa shape index (κ2) is 10.1. The third-order valence-corrected chi connectivity index (χ3v) is 7.16. The van der Waals surface area contributed by atoms with E-state index in [0.717, 1.165) is 34.9 Å². The van der Waals surface area contributed by atoms with Crippen LogP contribution < -0.4 is 5.32 Å². The molecule has 0 saturated carbocycles. The molecule has 174 valence electrons. The summed E-state index contributed by atoms with van der Waals surface area (Å²) in [6.07, 6.45) is 2.99. The maximum atomic E-state index is 13.3. The highest BCUT2D eigenvalue weighted by Gasteiger charge is 2.47. The molecule has 1 unspecified atom stereocenters. The summed E-state index contributed by atoms with van der Waals surface area (Å²) in [4.78, 5) is 41.9. The van der Waals surface area contributed by atoms with Gasteiger partial charge in [0.1, 0.15) is 6.04 Å². The van der Waals surface area contributed by atoms with Crippen LogP contribution in [0.4, 0.5) is 0 Å². The topological polar surface area (TPSA) is 69.7 Å². The van der Waals surface area contributed by atoms with E-state index in [0.29, 0.717) is 25.1 Å². The van der Waals surface area contributed by atoms with E-state index in [4.69, 9.17) is 0 Å². The number of hydrogen-bond acceptors (Lipinski definition) is 3. The molecule has 0 aliphatic carbocycles. The number of amides is 3. The zero-order valence-electron chi connectivity index (χ0n) is 19.1. The predicted octanol–water partition coefficient (Wildman–Crippen LogP) is 4.24. The Morgan fingerprint density at radius 3 is 2.30 bits per heavy atom. The number of rotatable bonds is 6. The first-order valence-electron chi connectivity index (χ1n) is 11.6. The highest BCUT2D eigenvalue weighted by Crippen LogP contribution is 2.33. The molecule has 7 heteroatoms. The molecular weight excluding hydrogens is 482 g/mol. The molecule has 6 nitrogen and oxygen atoms in total. The van der Waals surface area contributed by atoms with E-state index in [1.807, 2.05) is 59.2 Å². The van der Waals surface area contributed by atoms with E-state index < -0.39 is 6.04 Å². The van der Waals surface area contributed by atoms with Gasteiger partial charge in [-0.3, -0.25) is 14.4 Å². The Morgan fingerprint density at radius 1 is 1.00 bits per heavy atom. The van der Waals surface area contributed by atoms with Gasteiger partial charge in [-0.2, -0.15) is 0 Å². The first kappa shape index (κ1) is 23.5. The lowest BCUT2D eigenvalue weighted by Crippen LogP contribution is -2.50. The minimum atomic E-state index is -0.485. The molecule has 3 amide bonds. The number of likely N-dealkylation sites (tertiary alicyclic amines) is 2. The minimum absolute atomic E-state index is 0.0181. The van der Waals surface area contributed by atoms with Crippen molar-refractivity contribution in [3.63, 3.8) is 0 Å². The third kappa shape index (κ3) is 4.98. The molecule has 2 heterocycles. The van der Waals surface area contributed by atoms with Crippen LogP contribution >= 0.6 is 15.9 Å². The molecule has 0 bridgehead atoms. The SMILES string of the molecule is CCCC(NC(C)=O)C(=O)N1CC[C@H]2[C@H]1CCN2C(=O)c1ccc(-c2cccc(Br)c2)cc1. The maximum absolute atomic E-state index is 13.3. The van der Waals surface area contributed by atoms with Crippen LogP contribution in [0.5, 0.6) is 0 Å². The normalized spacial score (nSPS) is 20.5. The Hall–Kier alpha value is -2.67. The standard InChI is InChI=1S/C26H30BrN3O3/c1-3-5-22(28-17(2)31)26(33)30-15-13-23-24(30)12-14-29(23)25(32)19-10-8-18(9-11-19)20-6-4-7-21(27)16-20/h4,6-11,16,22-24H,3,5,12-15H2,1-2H3,(H,28,31)/t22?,23-,24+/m0/s1. The third-order valence-electron chi connectivity index (χ3n) is 6.66. The van der Waals surface area contributed by atoms with Crippen molar-refractivity contribution in [1.29, 1.82) is 0 Å². The number of fused-ring (bicyclic) bond motifs is 1. The van der Waals surface area contributed by atoms with Gasteiger partial charge in [-0.1, -0.05) is 53.5 Å². The Labute approximate surface area is 203 Å². The summed E-state index contributed by atoms with van der Waals surface area (Å²) in [7, 11) is 0. The highest BCUT2D eigenvalue weighted by atomic mass is 79.9. The van der Waals surface area contributed by atoms with Crippen molar-refractivity contribution in [1.82, 2.24) is 15.1 Å². The predicted molar refractivity (Wildman–Crippen MR) is 132 cm³/mol. The molecule has 2 aliphatic heterocycles. The van der Waals surface area contributed by atoms with Crippen molar-refractivity contribution in [2.24, 2.45) is 0 Å². The molecular formula is C26H30BrN3O3. The van der Waals surface area contributed by atoms with Crippen LogP contribution in [0.3, 0.4) is 0 Å². The molecule has 3 atom stereocenters. The van der Waals surface area contributed by atoms with Gasteiger partial charge < -0.3 is 15.1 Å². The van der Waals surface area contributed by atoms with Gasteiger partial charge in [0, 0.05) is 30.0 Å². The zero-order valence-corrected chi connectivity index (χ0v) is 20.7. The van der Waals surface area contributed by atoms with Crippen molar-refractivity contribution >= 4 is 33.7 Å². The van der Waals surface area contributed by atoms with Crippen LogP contribution in [-0.2, 0) is 9.59 Å². The summed E-state index contributed by atoms with van der Waals surface area (Å²) < 4.78 is 1.02. The number of benzene rings is 2. The Balaban J connectivity index is 1.45. The molecule has 0 radical (unpaired) electrons. The van der Waals surface area contributed by atoms with E-state index in [1.54, 1.807) is 0 Å². The van der Waals surface area contributed by atoms with Gasteiger partial charge in [-0.15, -0.1) is 0 Å². The average molecular weight is 512 g/mol. The Kier molecular flexibility index (Phi) is 7.17. The van der Waals surface area contributed by atoms with Crippen LogP contribution in [0.1, 0.15) is 49.9 Å². The molecule has 2 saturated heterocycles. The number of nitrogens with one attached hydrogen (secondary N) is 1. The minimum Gasteiger partial charge on any atom is -0.345 e. The second-order valence-electron chi connectivity index (χ2n) is 8.87. The number of nitrogens with zero attached hydrogens (tertiary/aromatic N) is 2. The van der Waals surface area contributed by atoms with Gasteiger partial charge in [0.2, 0.25) is 11.8 Å². The summed E-state index contributed by atoms with van der Waals surface area (Å²) in [6.45, 7) is 4.72. The van der Waals surface area contributed by atoms with E-state index in [9.17, 15) is 14.4 Å². The summed E-state index contributed by atoms with van der Waals surface area (Å²) >= 11 is 3.50. The summed E-state index contributed by atoms with van der Waals surface area (Å²) in [5, 5.41) is 2.81. The van der Waals surface area contributed by atoms with Crippen LogP contribution in [0.15, 0.2) is 53.0 Å². The van der Waals surface area contributed by atoms with Crippen molar-refractivity contribution in [2.45, 2.75) is 57.7 Å². The van der Waals surface area contributed by atoms with Crippen molar-refractivity contribution in [3.8, 4) is 11.1 Å². The van der Waals surface area contributed by atoms with Crippen molar-refractivity contribution in [3.05, 3.63) is 58.6 Å². The molecule has 0 aromatic heterocycles. The van der Waals surface area contributed by atoms with Gasteiger partial charge in [-0.25, -0.2) is 0 Å². The van der Waals surface area contributed by atoms with Crippen molar-refractivity contribution in [2.75, 3.05) is 13.1 Å². The number of hydrogen-bond donors (Lipinski definition) is 1. The number of carbonyl (C=O) groups excluding carboxylic acids is 3. The van der Waals surface area contributed by atoms with E-state index >= 15 is 0 Å². The van der Waals surface area contributed by atoms with E-state index in [2.05, 4.69) is 27.3 Å². The number of halogens is 1. The quantitative estimate of drug-likeness (QED) is 0.630. The van der Waals surface area contributed by atoms with E-state index in [-0.39, 0.29) is 29.8 Å². The molecule has 4 rings (SSSR count). The molecule has 2 aromatic carbocycles. The Morgan fingerprint density at radius 2 is 1.67 bits per heavy atom. The highest BCUT2D eigenvalue weighted by molar-refractivity contribution is 9.10. The molecule has 33 heavy (non-hydrogen) atoms. The first-order valence-corrected chi connectivity index (χ1v) is 12.4. The summed E-state index contributed by atoms with van der Waals surface area (Å²) in [6, 6.07) is 15.4. The largest absolute Gasteiger partial charge is 0.345 e. The smallest absolute Gasteiger partial charge is 0.254 e. The van der Waals surface area contributed by atoms with Crippen LogP contribution in [-0.4, -0.2) is 58.7 Å². The first-order chi connectivity index (χ1) is 15.9. The fourth-order valence-corrected chi connectivity index (χ4v) is 5.54. The van der Waals surface area contributed by atoms with Gasteiger partial charge in [0.15, 0.2) is 0 Å². The van der Waals surface area contributed by atoms with Gasteiger partial charge in [-0.05, 0) is 54.7 Å². The number of carbonyl (C=O) groups is 3.